The predicted molar refractivity (Wildman–Crippen MR) is 68.9 cm³/mol. The molecule has 96 valence electrons. The monoisotopic (exact) mass is 247 g/mol. The van der Waals surface area contributed by atoms with Crippen molar-refractivity contribution in [3.05, 3.63) is 24.1 Å². The van der Waals surface area contributed by atoms with Gasteiger partial charge in [-0.1, -0.05) is 0 Å². The average Bonchev–Trinajstić information content (AvgIpc) is 2.70. The number of nitrogens with zero attached hydrogens (tertiary/aromatic N) is 2. The van der Waals surface area contributed by atoms with Gasteiger partial charge in [-0.15, -0.1) is 0 Å². The van der Waals surface area contributed by atoms with Gasteiger partial charge < -0.3 is 15.3 Å². The SMILES string of the molecule is Nc1ccc2oc(CN3CCCC(O)C3)nc2c1. The number of hydrogen-bond donors (Lipinski definition) is 2. The van der Waals surface area contributed by atoms with E-state index in [9.17, 15) is 5.11 Å². The van der Waals surface area contributed by atoms with Gasteiger partial charge in [0.05, 0.1) is 12.6 Å². The molecule has 0 saturated carbocycles. The third-order valence-electron chi connectivity index (χ3n) is 3.30. The lowest BCUT2D eigenvalue weighted by molar-refractivity contribution is 0.0627. The number of likely N-dealkylation sites (tertiary alicyclic amines) is 1. The minimum Gasteiger partial charge on any atom is -0.439 e. The number of β-amino-alcohol motifs (C(OH)–C–C–N with tert-alkyl or cyclic N) is 1. The highest BCUT2D eigenvalue weighted by molar-refractivity contribution is 5.76. The maximum atomic E-state index is 9.62. The van der Waals surface area contributed by atoms with Crippen LogP contribution in [0.5, 0.6) is 0 Å². The van der Waals surface area contributed by atoms with Gasteiger partial charge in [-0.05, 0) is 37.6 Å². The molecule has 1 aromatic heterocycles. The van der Waals surface area contributed by atoms with Gasteiger partial charge in [0.25, 0.3) is 0 Å². The van der Waals surface area contributed by atoms with Crippen LogP contribution in [0.2, 0.25) is 0 Å². The second kappa shape index (κ2) is 4.59. The number of rotatable bonds is 2. The number of oxazole rings is 1. The molecule has 2 aromatic rings. The van der Waals surface area contributed by atoms with Crippen LogP contribution < -0.4 is 5.73 Å². The molecule has 0 spiro atoms. The van der Waals surface area contributed by atoms with Crippen molar-refractivity contribution in [2.45, 2.75) is 25.5 Å². The smallest absolute Gasteiger partial charge is 0.209 e. The van der Waals surface area contributed by atoms with Crippen LogP contribution in [0.1, 0.15) is 18.7 Å². The summed E-state index contributed by atoms with van der Waals surface area (Å²) in [5.41, 5.74) is 7.96. The van der Waals surface area contributed by atoms with Crippen LogP contribution in [0.15, 0.2) is 22.6 Å². The Morgan fingerprint density at radius 2 is 2.39 bits per heavy atom. The molecule has 0 amide bonds. The maximum Gasteiger partial charge on any atom is 0.209 e. The van der Waals surface area contributed by atoms with Crippen LogP contribution in [-0.4, -0.2) is 34.2 Å². The Kier molecular flexibility index (Phi) is 2.93. The molecule has 1 aromatic carbocycles. The Morgan fingerprint density at radius 1 is 1.50 bits per heavy atom. The van der Waals surface area contributed by atoms with E-state index in [0.717, 1.165) is 30.5 Å². The molecule has 1 aliphatic rings. The Morgan fingerprint density at radius 3 is 3.22 bits per heavy atom. The summed E-state index contributed by atoms with van der Waals surface area (Å²) in [6, 6.07) is 5.46. The third kappa shape index (κ3) is 2.32. The predicted octanol–water partition coefficient (Wildman–Crippen LogP) is 1.37. The van der Waals surface area contributed by atoms with E-state index >= 15 is 0 Å². The Balaban J connectivity index is 1.78. The van der Waals surface area contributed by atoms with Crippen LogP contribution in [0.3, 0.4) is 0 Å². The topological polar surface area (TPSA) is 75.5 Å². The molecule has 0 bridgehead atoms. The van der Waals surface area contributed by atoms with Gasteiger partial charge in [-0.3, -0.25) is 4.90 Å². The van der Waals surface area contributed by atoms with Gasteiger partial charge in [0.2, 0.25) is 5.89 Å². The van der Waals surface area contributed by atoms with Gasteiger partial charge in [0, 0.05) is 12.2 Å². The molecule has 3 rings (SSSR count). The Bertz CT molecular complexity index is 552. The fourth-order valence-electron chi connectivity index (χ4n) is 2.43. The van der Waals surface area contributed by atoms with E-state index in [-0.39, 0.29) is 6.10 Å². The van der Waals surface area contributed by atoms with Crippen LogP contribution in [0.25, 0.3) is 11.1 Å². The zero-order valence-electron chi connectivity index (χ0n) is 10.2. The summed E-state index contributed by atoms with van der Waals surface area (Å²) in [6.45, 7) is 2.32. The summed E-state index contributed by atoms with van der Waals surface area (Å²) in [6.07, 6.45) is 1.69. The molecule has 1 aliphatic heterocycles. The molecule has 5 heteroatoms. The minimum absolute atomic E-state index is 0.223. The highest BCUT2D eigenvalue weighted by Crippen LogP contribution is 2.20. The second-order valence-corrected chi connectivity index (χ2v) is 4.87. The van der Waals surface area contributed by atoms with Gasteiger partial charge in [0.1, 0.15) is 5.52 Å². The molecule has 2 heterocycles. The molecular formula is C13H17N3O2. The molecule has 18 heavy (non-hydrogen) atoms. The highest BCUT2D eigenvalue weighted by Gasteiger charge is 2.19. The lowest BCUT2D eigenvalue weighted by atomic mass is 10.1. The van der Waals surface area contributed by atoms with E-state index in [0.29, 0.717) is 24.7 Å². The van der Waals surface area contributed by atoms with Crippen LogP contribution in [0, 0.1) is 0 Å². The summed E-state index contributed by atoms with van der Waals surface area (Å²) in [7, 11) is 0. The van der Waals surface area contributed by atoms with E-state index in [1.165, 1.54) is 0 Å². The lowest BCUT2D eigenvalue weighted by Crippen LogP contribution is -2.37. The first-order chi connectivity index (χ1) is 8.70. The van der Waals surface area contributed by atoms with Crippen molar-refractivity contribution in [3.8, 4) is 0 Å². The first-order valence-corrected chi connectivity index (χ1v) is 6.26. The van der Waals surface area contributed by atoms with Crippen LogP contribution in [-0.2, 0) is 6.54 Å². The molecular weight excluding hydrogens is 230 g/mol. The number of nitrogen functional groups attached to an aromatic ring is 1. The third-order valence-corrected chi connectivity index (χ3v) is 3.30. The van der Waals surface area contributed by atoms with Gasteiger partial charge in [0.15, 0.2) is 5.58 Å². The molecule has 3 N–H and O–H groups in total. The molecule has 5 nitrogen and oxygen atoms in total. The summed E-state index contributed by atoms with van der Waals surface area (Å²) in [4.78, 5) is 6.59. The molecule has 1 fully saturated rings. The molecule has 0 aliphatic carbocycles. The van der Waals surface area contributed by atoms with Crippen molar-refractivity contribution in [3.63, 3.8) is 0 Å². The number of aliphatic hydroxyl groups excluding tert-OH is 1. The Hall–Kier alpha value is -1.59. The number of hydrogen-bond acceptors (Lipinski definition) is 5. The zero-order valence-corrected chi connectivity index (χ0v) is 10.2. The van der Waals surface area contributed by atoms with E-state index in [2.05, 4.69) is 9.88 Å². The highest BCUT2D eigenvalue weighted by atomic mass is 16.3. The van der Waals surface area contributed by atoms with Gasteiger partial charge in [-0.25, -0.2) is 4.98 Å². The van der Waals surface area contributed by atoms with Crippen molar-refractivity contribution in [2.24, 2.45) is 0 Å². The first kappa shape index (κ1) is 11.5. The molecule has 1 unspecified atom stereocenters. The summed E-state index contributed by atoms with van der Waals surface area (Å²) in [5, 5.41) is 9.62. The van der Waals surface area contributed by atoms with Crippen LogP contribution >= 0.6 is 0 Å². The number of aromatic nitrogens is 1. The van der Waals surface area contributed by atoms with Crippen molar-refractivity contribution < 1.29 is 9.52 Å². The summed E-state index contributed by atoms with van der Waals surface area (Å²) < 4.78 is 5.67. The zero-order chi connectivity index (χ0) is 12.5. The quantitative estimate of drug-likeness (QED) is 0.784. The number of fused-ring (bicyclic) bond motifs is 1. The molecule has 0 radical (unpaired) electrons. The number of piperidine rings is 1. The summed E-state index contributed by atoms with van der Waals surface area (Å²) in [5.74, 6) is 0.685. The maximum absolute atomic E-state index is 9.62. The van der Waals surface area contributed by atoms with E-state index < -0.39 is 0 Å². The molecule has 1 atom stereocenters. The number of anilines is 1. The van der Waals surface area contributed by atoms with Crippen molar-refractivity contribution >= 4 is 16.8 Å². The number of aliphatic hydroxyl groups is 1. The largest absolute Gasteiger partial charge is 0.439 e. The van der Waals surface area contributed by atoms with Gasteiger partial charge in [-0.2, -0.15) is 0 Å². The number of nitrogens with two attached hydrogens (primary N) is 1. The van der Waals surface area contributed by atoms with E-state index in [1.54, 1.807) is 0 Å². The van der Waals surface area contributed by atoms with Gasteiger partial charge >= 0.3 is 0 Å². The second-order valence-electron chi connectivity index (χ2n) is 4.87. The van der Waals surface area contributed by atoms with Crippen molar-refractivity contribution in [2.75, 3.05) is 18.8 Å². The lowest BCUT2D eigenvalue weighted by Gasteiger charge is -2.28. The van der Waals surface area contributed by atoms with Crippen molar-refractivity contribution in [1.82, 2.24) is 9.88 Å². The van der Waals surface area contributed by atoms with Crippen molar-refractivity contribution in [1.29, 1.82) is 0 Å². The van der Waals surface area contributed by atoms with Crippen LogP contribution in [0.4, 0.5) is 5.69 Å². The fraction of sp³-hybridized carbons (Fsp3) is 0.462. The normalized spacial score (nSPS) is 21.5. The minimum atomic E-state index is -0.223. The average molecular weight is 247 g/mol. The first-order valence-electron chi connectivity index (χ1n) is 6.26. The fourth-order valence-corrected chi connectivity index (χ4v) is 2.43. The van der Waals surface area contributed by atoms with E-state index in [1.807, 2.05) is 18.2 Å². The Labute approximate surface area is 105 Å². The summed E-state index contributed by atoms with van der Waals surface area (Å²) >= 11 is 0. The standard InChI is InChI=1S/C13H17N3O2/c14-9-3-4-12-11(6-9)15-13(18-12)8-16-5-1-2-10(17)7-16/h3-4,6,10,17H,1-2,5,7-8,14H2. The number of benzene rings is 1. The molecule has 1 saturated heterocycles. The van der Waals surface area contributed by atoms with E-state index in [4.69, 9.17) is 10.2 Å².